The number of benzene rings is 1. The molecule has 0 spiro atoms. The van der Waals surface area contributed by atoms with Crippen LogP contribution in [0.3, 0.4) is 0 Å². The molecule has 0 aliphatic rings. The molecule has 3 rings (SSSR count). The fourth-order valence-corrected chi connectivity index (χ4v) is 2.70. The average molecular weight is 269 g/mol. The van der Waals surface area contributed by atoms with Gasteiger partial charge < -0.3 is 5.32 Å². The molecule has 0 aliphatic carbocycles. The van der Waals surface area contributed by atoms with E-state index in [-0.39, 0.29) is 0 Å². The van der Waals surface area contributed by atoms with Gasteiger partial charge in [0.05, 0.1) is 16.7 Å². The summed E-state index contributed by atoms with van der Waals surface area (Å²) in [7, 11) is 0. The van der Waals surface area contributed by atoms with E-state index in [1.807, 2.05) is 23.8 Å². The van der Waals surface area contributed by atoms with Crippen LogP contribution in [-0.2, 0) is 13.0 Å². The summed E-state index contributed by atoms with van der Waals surface area (Å²) in [6.07, 6.45) is 2.85. The standard InChI is InChI=1S/C15H15N3S/c1-2-4-15-14(3-1)12(5-8-17-15)9-16-7-6-13-10-19-11-18-13/h1-5,8,10-11,16H,6-7,9H2. The van der Waals surface area contributed by atoms with Crippen molar-refractivity contribution >= 4 is 22.2 Å². The SMILES string of the molecule is c1ccc2c(CNCCc3cscn3)ccnc2c1. The van der Waals surface area contributed by atoms with Gasteiger partial charge in [0, 0.05) is 36.5 Å². The zero-order valence-electron chi connectivity index (χ0n) is 10.5. The van der Waals surface area contributed by atoms with E-state index >= 15 is 0 Å². The van der Waals surface area contributed by atoms with Crippen LogP contribution in [0.2, 0.25) is 0 Å². The molecule has 1 N–H and O–H groups in total. The molecule has 1 aromatic carbocycles. The molecule has 0 amide bonds. The summed E-state index contributed by atoms with van der Waals surface area (Å²) in [5.41, 5.74) is 5.40. The first-order chi connectivity index (χ1) is 9.43. The quantitative estimate of drug-likeness (QED) is 0.723. The predicted octanol–water partition coefficient (Wildman–Crippen LogP) is 3.02. The minimum Gasteiger partial charge on any atom is -0.312 e. The van der Waals surface area contributed by atoms with E-state index in [9.17, 15) is 0 Å². The molecule has 0 fully saturated rings. The largest absolute Gasteiger partial charge is 0.312 e. The van der Waals surface area contributed by atoms with Gasteiger partial charge in [-0.2, -0.15) is 0 Å². The Hall–Kier alpha value is -1.78. The van der Waals surface area contributed by atoms with Gasteiger partial charge in [-0.25, -0.2) is 4.98 Å². The Morgan fingerprint density at radius 1 is 1.11 bits per heavy atom. The number of nitrogens with one attached hydrogen (secondary N) is 1. The molecule has 19 heavy (non-hydrogen) atoms. The van der Waals surface area contributed by atoms with Crippen molar-refractivity contribution in [2.75, 3.05) is 6.54 Å². The second-order valence-corrected chi connectivity index (χ2v) is 5.11. The van der Waals surface area contributed by atoms with Crippen molar-refractivity contribution in [2.24, 2.45) is 0 Å². The van der Waals surface area contributed by atoms with Crippen molar-refractivity contribution in [2.45, 2.75) is 13.0 Å². The fourth-order valence-electron chi connectivity index (χ4n) is 2.11. The summed E-state index contributed by atoms with van der Waals surface area (Å²) >= 11 is 1.65. The van der Waals surface area contributed by atoms with Crippen molar-refractivity contribution < 1.29 is 0 Å². The van der Waals surface area contributed by atoms with Crippen molar-refractivity contribution in [3.8, 4) is 0 Å². The molecule has 2 aromatic heterocycles. The summed E-state index contributed by atoms with van der Waals surface area (Å²) in [4.78, 5) is 8.65. The highest BCUT2D eigenvalue weighted by Crippen LogP contribution is 2.15. The molecular weight excluding hydrogens is 254 g/mol. The molecule has 96 valence electrons. The number of hydrogen-bond acceptors (Lipinski definition) is 4. The van der Waals surface area contributed by atoms with E-state index in [2.05, 4.69) is 38.9 Å². The molecule has 0 unspecified atom stereocenters. The van der Waals surface area contributed by atoms with Gasteiger partial charge in [-0.3, -0.25) is 4.98 Å². The Bertz CT molecular complexity index is 644. The Kier molecular flexibility index (Phi) is 3.81. The summed E-state index contributed by atoms with van der Waals surface area (Å²) in [5.74, 6) is 0. The first kappa shape index (κ1) is 12.3. The predicted molar refractivity (Wildman–Crippen MR) is 79.3 cm³/mol. The van der Waals surface area contributed by atoms with Crippen LogP contribution in [0.25, 0.3) is 10.9 Å². The Balaban J connectivity index is 1.62. The lowest BCUT2D eigenvalue weighted by Gasteiger charge is -2.07. The molecule has 0 bridgehead atoms. The van der Waals surface area contributed by atoms with Crippen molar-refractivity contribution in [1.29, 1.82) is 0 Å². The number of pyridine rings is 1. The smallest absolute Gasteiger partial charge is 0.0794 e. The third-order valence-corrected chi connectivity index (χ3v) is 3.73. The van der Waals surface area contributed by atoms with E-state index in [1.165, 1.54) is 10.9 Å². The van der Waals surface area contributed by atoms with E-state index in [4.69, 9.17) is 0 Å². The molecule has 4 heteroatoms. The first-order valence-electron chi connectivity index (χ1n) is 6.34. The first-order valence-corrected chi connectivity index (χ1v) is 7.28. The average Bonchev–Trinajstić information content (AvgIpc) is 2.97. The minimum atomic E-state index is 0.868. The van der Waals surface area contributed by atoms with Crippen LogP contribution in [-0.4, -0.2) is 16.5 Å². The van der Waals surface area contributed by atoms with E-state index in [1.54, 1.807) is 11.3 Å². The van der Waals surface area contributed by atoms with Crippen molar-refractivity contribution in [3.05, 3.63) is 58.7 Å². The zero-order valence-corrected chi connectivity index (χ0v) is 11.4. The Labute approximate surface area is 116 Å². The normalized spacial score (nSPS) is 10.9. The number of nitrogens with zero attached hydrogens (tertiary/aromatic N) is 2. The summed E-state index contributed by atoms with van der Waals surface area (Å²) < 4.78 is 0. The van der Waals surface area contributed by atoms with Crippen molar-refractivity contribution in [3.63, 3.8) is 0 Å². The van der Waals surface area contributed by atoms with Gasteiger partial charge in [0.25, 0.3) is 0 Å². The van der Waals surface area contributed by atoms with Gasteiger partial charge in [-0.05, 0) is 17.7 Å². The maximum Gasteiger partial charge on any atom is 0.0794 e. The number of rotatable bonds is 5. The van der Waals surface area contributed by atoms with Gasteiger partial charge >= 0.3 is 0 Å². The fraction of sp³-hybridized carbons (Fsp3) is 0.200. The monoisotopic (exact) mass is 269 g/mol. The van der Waals surface area contributed by atoms with Crippen LogP contribution in [0, 0.1) is 0 Å². The van der Waals surface area contributed by atoms with Gasteiger partial charge in [-0.15, -0.1) is 11.3 Å². The lowest BCUT2D eigenvalue weighted by Crippen LogP contribution is -2.17. The zero-order chi connectivity index (χ0) is 12.9. The molecule has 0 aliphatic heterocycles. The van der Waals surface area contributed by atoms with Gasteiger partial charge in [0.15, 0.2) is 0 Å². The third kappa shape index (κ3) is 2.97. The molecule has 3 aromatic rings. The topological polar surface area (TPSA) is 37.8 Å². The highest BCUT2D eigenvalue weighted by Gasteiger charge is 2.01. The van der Waals surface area contributed by atoms with E-state index in [0.29, 0.717) is 0 Å². The molecule has 0 radical (unpaired) electrons. The van der Waals surface area contributed by atoms with Gasteiger partial charge in [0.1, 0.15) is 0 Å². The Morgan fingerprint density at radius 2 is 2.05 bits per heavy atom. The van der Waals surface area contributed by atoms with Crippen LogP contribution < -0.4 is 5.32 Å². The molecular formula is C15H15N3S. The number of hydrogen-bond donors (Lipinski definition) is 1. The third-order valence-electron chi connectivity index (χ3n) is 3.10. The summed E-state index contributed by atoms with van der Waals surface area (Å²) in [6, 6.07) is 10.3. The molecule has 0 atom stereocenters. The highest BCUT2D eigenvalue weighted by molar-refractivity contribution is 7.07. The van der Waals surface area contributed by atoms with Gasteiger partial charge in [0.2, 0.25) is 0 Å². The Morgan fingerprint density at radius 3 is 2.95 bits per heavy atom. The molecule has 3 nitrogen and oxygen atoms in total. The molecule has 0 saturated heterocycles. The lowest BCUT2D eigenvalue weighted by atomic mass is 10.1. The lowest BCUT2D eigenvalue weighted by molar-refractivity contribution is 0.684. The van der Waals surface area contributed by atoms with Crippen LogP contribution in [0.15, 0.2) is 47.4 Å². The maximum atomic E-state index is 4.37. The van der Waals surface area contributed by atoms with Crippen molar-refractivity contribution in [1.82, 2.24) is 15.3 Å². The number of thiazole rings is 1. The minimum absolute atomic E-state index is 0.868. The van der Waals surface area contributed by atoms with E-state index < -0.39 is 0 Å². The molecule has 2 heterocycles. The second-order valence-electron chi connectivity index (χ2n) is 4.39. The van der Waals surface area contributed by atoms with Crippen LogP contribution in [0.5, 0.6) is 0 Å². The summed E-state index contributed by atoms with van der Waals surface area (Å²) in [5, 5.41) is 6.80. The second kappa shape index (κ2) is 5.91. The van der Waals surface area contributed by atoms with Crippen LogP contribution in [0.1, 0.15) is 11.3 Å². The summed E-state index contributed by atoms with van der Waals surface area (Å²) in [6.45, 7) is 1.81. The maximum absolute atomic E-state index is 4.37. The van der Waals surface area contributed by atoms with E-state index in [0.717, 1.165) is 30.7 Å². The number of para-hydroxylation sites is 1. The van der Waals surface area contributed by atoms with Crippen LogP contribution in [0.4, 0.5) is 0 Å². The van der Waals surface area contributed by atoms with Gasteiger partial charge in [-0.1, -0.05) is 18.2 Å². The highest BCUT2D eigenvalue weighted by atomic mass is 32.1. The number of fused-ring (bicyclic) bond motifs is 1. The van der Waals surface area contributed by atoms with Crippen LogP contribution >= 0.6 is 11.3 Å². The molecule has 0 saturated carbocycles. The number of aromatic nitrogens is 2.